The summed E-state index contributed by atoms with van der Waals surface area (Å²) in [6, 6.07) is 10.7. The molecule has 144 valence electrons. The van der Waals surface area contributed by atoms with Crippen LogP contribution in [0.3, 0.4) is 0 Å². The van der Waals surface area contributed by atoms with Gasteiger partial charge in [-0.15, -0.1) is 0 Å². The fourth-order valence-corrected chi connectivity index (χ4v) is 4.32. The third kappa shape index (κ3) is 3.78. The number of rotatable bonds is 3. The fraction of sp³-hybridized carbons (Fsp3) is 0.292. The minimum absolute atomic E-state index is 0.00106. The molecule has 0 bridgehead atoms. The molecule has 3 nitrogen and oxygen atoms in total. The molecule has 1 aromatic carbocycles. The molecule has 0 fully saturated rings. The number of nitrogens with one attached hydrogen (secondary N) is 1. The van der Waals surface area contributed by atoms with Gasteiger partial charge >= 0.3 is 0 Å². The molecule has 4 rings (SSSR count). The van der Waals surface area contributed by atoms with Crippen LogP contribution in [-0.4, -0.2) is 20.6 Å². The topological polar surface area (TPSA) is 29.9 Å². The van der Waals surface area contributed by atoms with Crippen LogP contribution in [-0.2, 0) is 0 Å². The van der Waals surface area contributed by atoms with Gasteiger partial charge in [-0.2, -0.15) is 0 Å². The summed E-state index contributed by atoms with van der Waals surface area (Å²) in [5, 5.41) is 3.70. The van der Waals surface area contributed by atoms with E-state index in [1.54, 1.807) is 12.1 Å². The molecule has 1 aliphatic heterocycles. The van der Waals surface area contributed by atoms with Crippen LogP contribution in [0.2, 0.25) is 0 Å². The average molecular weight is 375 g/mol. The van der Waals surface area contributed by atoms with E-state index in [2.05, 4.69) is 61.0 Å². The number of hydrogen-bond acceptors (Lipinski definition) is 2. The van der Waals surface area contributed by atoms with E-state index < -0.39 is 0 Å². The van der Waals surface area contributed by atoms with E-state index >= 15 is 0 Å². The molecule has 0 aliphatic carbocycles. The van der Waals surface area contributed by atoms with E-state index in [-0.39, 0.29) is 16.9 Å². The van der Waals surface area contributed by atoms with Crippen LogP contribution in [0.1, 0.15) is 39.7 Å². The van der Waals surface area contributed by atoms with Crippen LogP contribution in [0.15, 0.2) is 67.3 Å². The molecule has 0 atom stereocenters. The summed E-state index contributed by atoms with van der Waals surface area (Å²) in [7, 11) is 0. The summed E-state index contributed by atoms with van der Waals surface area (Å²) >= 11 is 0. The Morgan fingerprint density at radius 3 is 2.21 bits per heavy atom. The van der Waals surface area contributed by atoms with Crippen molar-refractivity contribution in [2.24, 2.45) is 0 Å². The summed E-state index contributed by atoms with van der Waals surface area (Å²) in [6.45, 7) is 8.89. The molecule has 0 spiro atoms. The van der Waals surface area contributed by atoms with Crippen molar-refractivity contribution in [1.29, 1.82) is 0 Å². The van der Waals surface area contributed by atoms with E-state index in [0.717, 1.165) is 23.2 Å². The second-order valence-corrected chi connectivity index (χ2v) is 8.78. The van der Waals surface area contributed by atoms with E-state index in [0.29, 0.717) is 0 Å². The number of pyridine rings is 1. The third-order valence-electron chi connectivity index (χ3n) is 5.12. The fourth-order valence-electron chi connectivity index (χ4n) is 4.32. The van der Waals surface area contributed by atoms with Crippen molar-refractivity contribution in [2.45, 2.75) is 45.2 Å². The van der Waals surface area contributed by atoms with Crippen LogP contribution in [0.5, 0.6) is 0 Å². The first-order valence-corrected chi connectivity index (χ1v) is 9.62. The number of benzene rings is 1. The molecule has 28 heavy (non-hydrogen) atoms. The van der Waals surface area contributed by atoms with Gasteiger partial charge in [-0.25, -0.2) is 4.39 Å². The van der Waals surface area contributed by atoms with E-state index in [4.69, 9.17) is 0 Å². The Morgan fingerprint density at radius 2 is 1.57 bits per heavy atom. The van der Waals surface area contributed by atoms with Crippen LogP contribution in [0.4, 0.5) is 4.39 Å². The predicted octanol–water partition coefficient (Wildman–Crippen LogP) is 5.61. The Kier molecular flexibility index (Phi) is 4.47. The van der Waals surface area contributed by atoms with Gasteiger partial charge in [0.2, 0.25) is 0 Å². The van der Waals surface area contributed by atoms with Crippen molar-refractivity contribution < 1.29 is 4.39 Å². The van der Waals surface area contributed by atoms with Gasteiger partial charge in [0.15, 0.2) is 0 Å². The Morgan fingerprint density at radius 1 is 0.929 bits per heavy atom. The lowest BCUT2D eigenvalue weighted by atomic mass is 9.80. The quantitative estimate of drug-likeness (QED) is 0.645. The van der Waals surface area contributed by atoms with Gasteiger partial charge in [0.1, 0.15) is 5.82 Å². The number of nitrogens with zero attached hydrogens (tertiary/aromatic N) is 2. The van der Waals surface area contributed by atoms with Crippen LogP contribution in [0, 0.1) is 5.82 Å². The zero-order valence-corrected chi connectivity index (χ0v) is 16.8. The predicted molar refractivity (Wildman–Crippen MR) is 113 cm³/mol. The Hall–Kier alpha value is -2.72. The first-order chi connectivity index (χ1) is 13.2. The summed E-state index contributed by atoms with van der Waals surface area (Å²) in [5.41, 5.74) is 5.66. The molecule has 3 aromatic rings. The zero-order valence-electron chi connectivity index (χ0n) is 16.8. The maximum atomic E-state index is 13.4. The molecule has 3 heterocycles. The highest BCUT2D eigenvalue weighted by molar-refractivity contribution is 5.83. The highest BCUT2D eigenvalue weighted by atomic mass is 19.1. The molecule has 4 heteroatoms. The van der Waals surface area contributed by atoms with Crippen molar-refractivity contribution >= 4 is 5.57 Å². The Bertz CT molecular complexity index is 1010. The minimum Gasteiger partial charge on any atom is -0.323 e. The lowest BCUT2D eigenvalue weighted by Crippen LogP contribution is -2.53. The van der Waals surface area contributed by atoms with Gasteiger partial charge in [0, 0.05) is 52.7 Å². The summed E-state index contributed by atoms with van der Waals surface area (Å²) in [4.78, 5) is 4.16. The maximum absolute atomic E-state index is 13.4. The van der Waals surface area contributed by atoms with Crippen molar-refractivity contribution in [3.05, 3.63) is 78.6 Å². The average Bonchev–Trinajstić information content (AvgIpc) is 3.06. The first kappa shape index (κ1) is 18.6. The molecular weight excluding hydrogens is 349 g/mol. The number of aromatic nitrogens is 2. The van der Waals surface area contributed by atoms with Gasteiger partial charge in [0.05, 0.1) is 0 Å². The monoisotopic (exact) mass is 375 g/mol. The van der Waals surface area contributed by atoms with Crippen molar-refractivity contribution in [3.8, 4) is 16.8 Å². The van der Waals surface area contributed by atoms with E-state index in [1.807, 2.05) is 24.5 Å². The molecule has 0 unspecified atom stereocenters. The van der Waals surface area contributed by atoms with E-state index in [9.17, 15) is 4.39 Å². The molecule has 2 aromatic heterocycles. The van der Waals surface area contributed by atoms with Crippen molar-refractivity contribution in [2.75, 3.05) is 0 Å². The smallest absolute Gasteiger partial charge is 0.123 e. The molecule has 0 amide bonds. The van der Waals surface area contributed by atoms with Gasteiger partial charge in [-0.05, 0) is 81.7 Å². The second kappa shape index (κ2) is 6.71. The maximum Gasteiger partial charge on any atom is 0.123 e. The number of hydrogen-bond donors (Lipinski definition) is 1. The lowest BCUT2D eigenvalue weighted by molar-refractivity contribution is 0.297. The molecule has 0 radical (unpaired) electrons. The molecule has 1 N–H and O–H groups in total. The SMILES string of the molecule is CC1(C)C=C(c2cn(-c3ccc(F)cc3)cc2-c2ccncc2)CC(C)(C)N1. The molecule has 0 saturated carbocycles. The first-order valence-electron chi connectivity index (χ1n) is 9.62. The van der Waals surface area contributed by atoms with Crippen LogP contribution in [0.25, 0.3) is 22.4 Å². The van der Waals surface area contributed by atoms with Gasteiger partial charge < -0.3 is 9.88 Å². The number of halogens is 1. The summed E-state index contributed by atoms with van der Waals surface area (Å²) < 4.78 is 15.5. The largest absolute Gasteiger partial charge is 0.323 e. The third-order valence-corrected chi connectivity index (χ3v) is 5.12. The normalized spacial score (nSPS) is 18.0. The van der Waals surface area contributed by atoms with Gasteiger partial charge in [-0.1, -0.05) is 6.08 Å². The van der Waals surface area contributed by atoms with E-state index in [1.165, 1.54) is 23.3 Å². The van der Waals surface area contributed by atoms with Crippen molar-refractivity contribution in [3.63, 3.8) is 0 Å². The Labute approximate surface area is 165 Å². The van der Waals surface area contributed by atoms with Gasteiger partial charge in [0.25, 0.3) is 0 Å². The van der Waals surface area contributed by atoms with Crippen LogP contribution < -0.4 is 5.32 Å². The zero-order chi connectivity index (χ0) is 19.9. The molecule has 0 saturated heterocycles. The molecular formula is C24H26FN3. The summed E-state index contributed by atoms with van der Waals surface area (Å²) in [6.07, 6.45) is 11.2. The second-order valence-electron chi connectivity index (χ2n) is 8.78. The lowest BCUT2D eigenvalue weighted by Gasteiger charge is -2.41. The minimum atomic E-state index is -0.227. The summed E-state index contributed by atoms with van der Waals surface area (Å²) in [5.74, 6) is -0.227. The highest BCUT2D eigenvalue weighted by Crippen LogP contribution is 2.39. The highest BCUT2D eigenvalue weighted by Gasteiger charge is 2.33. The van der Waals surface area contributed by atoms with Crippen LogP contribution >= 0.6 is 0 Å². The standard InChI is InChI=1S/C24H26FN3/c1-23(2)13-18(14-24(3,4)27-23)22-16-28(20-7-5-19(25)6-8-20)15-21(22)17-9-11-26-12-10-17/h5-13,15-16,27H,14H2,1-4H3. The van der Waals surface area contributed by atoms with Crippen molar-refractivity contribution in [1.82, 2.24) is 14.9 Å². The van der Waals surface area contributed by atoms with Gasteiger partial charge in [-0.3, -0.25) is 4.98 Å². The Balaban J connectivity index is 1.88. The molecule has 1 aliphatic rings.